The zero-order chi connectivity index (χ0) is 23.7. The first-order valence-electron chi connectivity index (χ1n) is 9.84. The highest BCUT2D eigenvalue weighted by atomic mass is 19.2. The SMILES string of the molecule is Cc1nn(-c2ccc(Oc3ccc(NC(=O)c4ccc(F)c(F)c4F)cc3)nn2)c(C)c1C. The summed E-state index contributed by atoms with van der Waals surface area (Å²) >= 11 is 0. The van der Waals surface area contributed by atoms with Gasteiger partial charge in [0, 0.05) is 17.4 Å². The Morgan fingerprint density at radius 2 is 1.64 bits per heavy atom. The summed E-state index contributed by atoms with van der Waals surface area (Å²) in [4.78, 5) is 12.2. The molecule has 168 valence electrons. The molecule has 0 bridgehead atoms. The van der Waals surface area contributed by atoms with E-state index in [0.717, 1.165) is 23.0 Å². The topological polar surface area (TPSA) is 81.9 Å². The summed E-state index contributed by atoms with van der Waals surface area (Å²) < 4.78 is 47.5. The van der Waals surface area contributed by atoms with E-state index >= 15 is 0 Å². The van der Waals surface area contributed by atoms with E-state index in [1.54, 1.807) is 28.9 Å². The summed E-state index contributed by atoms with van der Waals surface area (Å²) in [6.45, 7) is 5.85. The molecule has 1 amide bonds. The third-order valence-electron chi connectivity index (χ3n) is 5.11. The van der Waals surface area contributed by atoms with Gasteiger partial charge < -0.3 is 10.1 Å². The zero-order valence-corrected chi connectivity index (χ0v) is 17.9. The Kier molecular flexibility index (Phi) is 5.82. The van der Waals surface area contributed by atoms with Gasteiger partial charge in [0.2, 0.25) is 5.88 Å². The van der Waals surface area contributed by atoms with Crippen LogP contribution < -0.4 is 10.1 Å². The molecule has 2 heterocycles. The number of aryl methyl sites for hydroxylation is 1. The molecule has 4 rings (SSSR count). The van der Waals surface area contributed by atoms with Crippen LogP contribution >= 0.6 is 0 Å². The molecular weight excluding hydrogens is 435 g/mol. The van der Waals surface area contributed by atoms with Crippen molar-refractivity contribution in [2.24, 2.45) is 0 Å². The number of anilines is 1. The van der Waals surface area contributed by atoms with Gasteiger partial charge in [-0.3, -0.25) is 4.79 Å². The van der Waals surface area contributed by atoms with Crippen molar-refractivity contribution in [1.29, 1.82) is 0 Å². The van der Waals surface area contributed by atoms with Crippen LogP contribution in [0, 0.1) is 38.2 Å². The number of rotatable bonds is 5. The normalized spacial score (nSPS) is 10.8. The number of halogens is 3. The third kappa shape index (κ3) is 4.40. The van der Waals surface area contributed by atoms with Gasteiger partial charge >= 0.3 is 0 Å². The number of carbonyl (C=O) groups excluding carboxylic acids is 1. The summed E-state index contributed by atoms with van der Waals surface area (Å²) in [6, 6.07) is 11.1. The van der Waals surface area contributed by atoms with E-state index < -0.39 is 28.9 Å². The van der Waals surface area contributed by atoms with Gasteiger partial charge in [-0.25, -0.2) is 17.9 Å². The highest BCUT2D eigenvalue weighted by Gasteiger charge is 2.19. The molecule has 1 N–H and O–H groups in total. The molecule has 2 aromatic carbocycles. The van der Waals surface area contributed by atoms with E-state index in [2.05, 4.69) is 20.6 Å². The quantitative estimate of drug-likeness (QED) is 0.428. The number of nitrogens with one attached hydrogen (secondary N) is 1. The molecular formula is C23H18F3N5O2. The minimum atomic E-state index is -1.70. The Morgan fingerprint density at radius 1 is 0.909 bits per heavy atom. The molecule has 0 unspecified atom stereocenters. The Labute approximate surface area is 186 Å². The Hall–Kier alpha value is -4.21. The maximum Gasteiger partial charge on any atom is 0.258 e. The molecule has 0 saturated carbocycles. The molecule has 0 atom stereocenters. The fourth-order valence-electron chi connectivity index (χ4n) is 3.05. The molecule has 10 heteroatoms. The van der Waals surface area contributed by atoms with Crippen molar-refractivity contribution in [3.8, 4) is 17.4 Å². The van der Waals surface area contributed by atoms with Gasteiger partial charge in [0.05, 0.1) is 11.3 Å². The first-order chi connectivity index (χ1) is 15.7. The van der Waals surface area contributed by atoms with Gasteiger partial charge in [-0.15, -0.1) is 10.2 Å². The Bertz CT molecular complexity index is 1340. The van der Waals surface area contributed by atoms with Gasteiger partial charge in [0.25, 0.3) is 5.91 Å². The fourth-order valence-corrected chi connectivity index (χ4v) is 3.05. The van der Waals surface area contributed by atoms with Crippen LogP contribution in [0.5, 0.6) is 11.6 Å². The number of aromatic nitrogens is 4. The predicted octanol–water partition coefficient (Wildman–Crippen LogP) is 5.05. The van der Waals surface area contributed by atoms with Crippen LogP contribution in [-0.4, -0.2) is 25.9 Å². The molecule has 0 saturated heterocycles. The molecule has 0 aliphatic heterocycles. The van der Waals surface area contributed by atoms with Crippen LogP contribution in [0.25, 0.3) is 5.82 Å². The van der Waals surface area contributed by atoms with Crippen molar-refractivity contribution in [3.63, 3.8) is 0 Å². The minimum Gasteiger partial charge on any atom is -0.438 e. The lowest BCUT2D eigenvalue weighted by atomic mass is 10.1. The second-order valence-corrected chi connectivity index (χ2v) is 7.24. The molecule has 0 aliphatic carbocycles. The van der Waals surface area contributed by atoms with Crippen LogP contribution in [0.1, 0.15) is 27.3 Å². The lowest BCUT2D eigenvalue weighted by molar-refractivity contribution is 0.102. The molecule has 0 fully saturated rings. The number of hydrogen-bond donors (Lipinski definition) is 1. The second kappa shape index (κ2) is 8.73. The van der Waals surface area contributed by atoms with Crippen molar-refractivity contribution in [2.75, 3.05) is 5.32 Å². The highest BCUT2D eigenvalue weighted by molar-refractivity contribution is 6.04. The lowest BCUT2D eigenvalue weighted by Crippen LogP contribution is -2.15. The van der Waals surface area contributed by atoms with E-state index in [9.17, 15) is 18.0 Å². The van der Waals surface area contributed by atoms with Gasteiger partial charge in [-0.05, 0) is 68.8 Å². The van der Waals surface area contributed by atoms with Crippen LogP contribution in [0.4, 0.5) is 18.9 Å². The van der Waals surface area contributed by atoms with Gasteiger partial charge in [0.1, 0.15) is 5.75 Å². The summed E-state index contributed by atoms with van der Waals surface area (Å²) in [5.41, 5.74) is 2.65. The van der Waals surface area contributed by atoms with Crippen molar-refractivity contribution < 1.29 is 22.7 Å². The van der Waals surface area contributed by atoms with Gasteiger partial charge in [0.15, 0.2) is 23.3 Å². The van der Waals surface area contributed by atoms with Gasteiger partial charge in [-0.2, -0.15) is 5.10 Å². The van der Waals surface area contributed by atoms with Crippen molar-refractivity contribution in [2.45, 2.75) is 20.8 Å². The smallest absolute Gasteiger partial charge is 0.258 e. The van der Waals surface area contributed by atoms with Crippen LogP contribution in [0.2, 0.25) is 0 Å². The first-order valence-corrected chi connectivity index (χ1v) is 9.84. The maximum absolute atomic E-state index is 13.8. The Morgan fingerprint density at radius 3 is 2.24 bits per heavy atom. The molecule has 0 aliphatic rings. The molecule has 0 radical (unpaired) electrons. The standard InChI is InChI=1S/C23H18F3N5O2/c1-12-13(2)30-31(14(12)3)19-10-11-20(29-28-19)33-16-6-4-15(5-7-16)27-23(32)17-8-9-18(24)22(26)21(17)25/h4-11H,1-3H3,(H,27,32). The fraction of sp³-hybridized carbons (Fsp3) is 0.130. The minimum absolute atomic E-state index is 0.248. The number of ether oxygens (including phenoxy) is 1. The summed E-state index contributed by atoms with van der Waals surface area (Å²) in [7, 11) is 0. The predicted molar refractivity (Wildman–Crippen MR) is 114 cm³/mol. The van der Waals surface area contributed by atoms with Gasteiger partial charge in [-0.1, -0.05) is 0 Å². The number of carbonyl (C=O) groups is 1. The summed E-state index contributed by atoms with van der Waals surface area (Å²) in [5, 5.41) is 15.1. The highest BCUT2D eigenvalue weighted by Crippen LogP contribution is 2.23. The largest absolute Gasteiger partial charge is 0.438 e. The average molecular weight is 453 g/mol. The molecule has 7 nitrogen and oxygen atoms in total. The maximum atomic E-state index is 13.8. The van der Waals surface area contributed by atoms with Crippen LogP contribution in [0.3, 0.4) is 0 Å². The Balaban J connectivity index is 1.43. The van der Waals surface area contributed by atoms with Crippen LogP contribution in [0.15, 0.2) is 48.5 Å². The number of amides is 1. The average Bonchev–Trinajstić information content (AvgIpc) is 3.06. The third-order valence-corrected chi connectivity index (χ3v) is 5.11. The number of nitrogens with zero attached hydrogens (tertiary/aromatic N) is 4. The van der Waals surface area contributed by atoms with Crippen molar-refractivity contribution in [3.05, 3.63) is 88.5 Å². The number of benzene rings is 2. The molecule has 0 spiro atoms. The first kappa shape index (κ1) is 22.0. The number of hydrogen-bond acceptors (Lipinski definition) is 5. The monoisotopic (exact) mass is 453 g/mol. The van der Waals surface area contributed by atoms with E-state index in [0.29, 0.717) is 23.3 Å². The molecule has 4 aromatic rings. The van der Waals surface area contributed by atoms with E-state index in [1.807, 2.05) is 20.8 Å². The zero-order valence-electron chi connectivity index (χ0n) is 17.9. The van der Waals surface area contributed by atoms with E-state index in [4.69, 9.17) is 4.74 Å². The van der Waals surface area contributed by atoms with Crippen LogP contribution in [-0.2, 0) is 0 Å². The molecule has 33 heavy (non-hydrogen) atoms. The van der Waals surface area contributed by atoms with E-state index in [1.165, 1.54) is 12.1 Å². The summed E-state index contributed by atoms with van der Waals surface area (Å²) in [5.74, 6) is -4.32. The van der Waals surface area contributed by atoms with Crippen molar-refractivity contribution >= 4 is 11.6 Å². The lowest BCUT2D eigenvalue weighted by Gasteiger charge is -2.09. The second-order valence-electron chi connectivity index (χ2n) is 7.24. The van der Waals surface area contributed by atoms with Crippen molar-refractivity contribution in [1.82, 2.24) is 20.0 Å². The van der Waals surface area contributed by atoms with E-state index in [-0.39, 0.29) is 5.88 Å². The molecule has 2 aromatic heterocycles. The summed E-state index contributed by atoms with van der Waals surface area (Å²) in [6.07, 6.45) is 0.